The van der Waals surface area contributed by atoms with Crippen molar-refractivity contribution in [2.24, 2.45) is 0 Å². The number of carbonyl (C=O) groups excluding carboxylic acids is 1. The Labute approximate surface area is 115 Å². The molecule has 0 radical (unpaired) electrons. The highest BCUT2D eigenvalue weighted by atomic mass is 19.4. The summed E-state index contributed by atoms with van der Waals surface area (Å²) in [4.78, 5) is 15.1. The third-order valence-corrected chi connectivity index (χ3v) is 3.02. The van der Waals surface area contributed by atoms with Crippen LogP contribution in [0, 0.1) is 11.3 Å². The number of rotatable bonds is 5. The van der Waals surface area contributed by atoms with Gasteiger partial charge >= 0.3 is 6.18 Å². The van der Waals surface area contributed by atoms with Crippen molar-refractivity contribution in [3.05, 3.63) is 0 Å². The van der Waals surface area contributed by atoms with Gasteiger partial charge in [0.2, 0.25) is 0 Å². The summed E-state index contributed by atoms with van der Waals surface area (Å²) in [6.45, 7) is 0.972. The van der Waals surface area contributed by atoms with Gasteiger partial charge in [0.15, 0.2) is 0 Å². The lowest BCUT2D eigenvalue weighted by atomic mass is 10.2. The Kier molecular flexibility index (Phi) is 6.23. The molecule has 0 aromatic carbocycles. The summed E-state index contributed by atoms with van der Waals surface area (Å²) in [5, 5.41) is 8.53. The van der Waals surface area contributed by atoms with Crippen LogP contribution >= 0.6 is 0 Å². The maximum atomic E-state index is 12.3. The number of halogens is 3. The smallest absolute Gasteiger partial charge is 0.366 e. The summed E-state index contributed by atoms with van der Waals surface area (Å²) in [5.74, 6) is -0.476. The van der Waals surface area contributed by atoms with Crippen molar-refractivity contribution in [2.45, 2.75) is 25.1 Å². The molecule has 20 heavy (non-hydrogen) atoms. The van der Waals surface area contributed by atoms with Gasteiger partial charge < -0.3 is 14.5 Å². The van der Waals surface area contributed by atoms with Crippen LogP contribution < -0.4 is 0 Å². The van der Waals surface area contributed by atoms with E-state index in [9.17, 15) is 18.0 Å². The highest BCUT2D eigenvalue weighted by molar-refractivity contribution is 5.81. The third kappa shape index (κ3) is 5.75. The predicted molar refractivity (Wildman–Crippen MR) is 64.7 cm³/mol. The summed E-state index contributed by atoms with van der Waals surface area (Å²) in [6.07, 6.45) is -6.14. The number of carbonyl (C=O) groups is 1. The molecule has 1 saturated heterocycles. The molecular weight excluding hydrogens is 275 g/mol. The minimum atomic E-state index is -4.32. The standard InChI is InChI=1S/C12H18F3N3O2/c1-17-7-8-20-10(9-17)11(19)18(5-2-4-16)6-3-12(13,14)15/h10H,2-3,5-9H2,1H3/t10-/m1/s1. The summed E-state index contributed by atoms with van der Waals surface area (Å²) in [6, 6.07) is 1.84. The van der Waals surface area contributed by atoms with E-state index < -0.39 is 31.2 Å². The molecule has 0 aromatic rings. The minimum absolute atomic E-state index is 0.00497. The van der Waals surface area contributed by atoms with E-state index in [4.69, 9.17) is 10.00 Å². The van der Waals surface area contributed by atoms with Crippen molar-refractivity contribution < 1.29 is 22.7 Å². The van der Waals surface area contributed by atoms with E-state index in [1.54, 1.807) is 0 Å². The first-order valence-corrected chi connectivity index (χ1v) is 6.36. The second kappa shape index (κ2) is 7.45. The van der Waals surface area contributed by atoms with Crippen molar-refractivity contribution in [1.29, 1.82) is 5.26 Å². The fourth-order valence-corrected chi connectivity index (χ4v) is 1.91. The van der Waals surface area contributed by atoms with Crippen LogP contribution in [0.15, 0.2) is 0 Å². The fraction of sp³-hybridized carbons (Fsp3) is 0.833. The number of hydrogen-bond donors (Lipinski definition) is 0. The lowest BCUT2D eigenvalue weighted by Gasteiger charge is -2.33. The first kappa shape index (κ1) is 16.7. The Morgan fingerprint density at radius 1 is 1.50 bits per heavy atom. The van der Waals surface area contributed by atoms with Crippen molar-refractivity contribution in [3.8, 4) is 6.07 Å². The molecule has 0 N–H and O–H groups in total. The molecule has 5 nitrogen and oxygen atoms in total. The molecule has 8 heteroatoms. The average molecular weight is 293 g/mol. The first-order valence-electron chi connectivity index (χ1n) is 6.36. The molecule has 1 amide bonds. The van der Waals surface area contributed by atoms with E-state index in [0.717, 1.165) is 4.90 Å². The van der Waals surface area contributed by atoms with Gasteiger partial charge in [0.05, 0.1) is 25.5 Å². The van der Waals surface area contributed by atoms with E-state index in [-0.39, 0.29) is 13.0 Å². The van der Waals surface area contributed by atoms with Crippen LogP contribution in [-0.4, -0.2) is 67.8 Å². The summed E-state index contributed by atoms with van der Waals surface area (Å²) >= 11 is 0. The molecule has 1 aliphatic heterocycles. The fourth-order valence-electron chi connectivity index (χ4n) is 1.91. The second-order valence-electron chi connectivity index (χ2n) is 4.72. The van der Waals surface area contributed by atoms with Crippen LogP contribution in [0.25, 0.3) is 0 Å². The Bertz CT molecular complexity index is 368. The zero-order valence-electron chi connectivity index (χ0n) is 11.3. The lowest BCUT2D eigenvalue weighted by Crippen LogP contribution is -2.50. The predicted octanol–water partition coefficient (Wildman–Crippen LogP) is 1.01. The van der Waals surface area contributed by atoms with E-state index in [2.05, 4.69) is 0 Å². The summed E-state index contributed by atoms with van der Waals surface area (Å²) in [7, 11) is 1.82. The highest BCUT2D eigenvalue weighted by Gasteiger charge is 2.32. The van der Waals surface area contributed by atoms with Gasteiger partial charge in [-0.2, -0.15) is 18.4 Å². The van der Waals surface area contributed by atoms with Crippen molar-refractivity contribution in [3.63, 3.8) is 0 Å². The molecule has 0 aliphatic carbocycles. The summed E-state index contributed by atoms with van der Waals surface area (Å²) in [5.41, 5.74) is 0. The summed E-state index contributed by atoms with van der Waals surface area (Å²) < 4.78 is 42.1. The van der Waals surface area contributed by atoms with Gasteiger partial charge in [0.25, 0.3) is 5.91 Å². The molecule has 114 valence electrons. The van der Waals surface area contributed by atoms with Gasteiger partial charge in [0, 0.05) is 26.2 Å². The molecule has 0 aromatic heterocycles. The second-order valence-corrected chi connectivity index (χ2v) is 4.72. The Hall–Kier alpha value is -1.33. The number of ether oxygens (including phenoxy) is 1. The number of likely N-dealkylation sites (N-methyl/N-ethyl adjacent to an activating group) is 1. The number of amides is 1. The Morgan fingerprint density at radius 2 is 2.20 bits per heavy atom. The average Bonchev–Trinajstić information content (AvgIpc) is 2.37. The molecule has 1 aliphatic rings. The van der Waals surface area contributed by atoms with Crippen molar-refractivity contribution >= 4 is 5.91 Å². The number of nitriles is 1. The van der Waals surface area contributed by atoms with E-state index >= 15 is 0 Å². The quantitative estimate of drug-likeness (QED) is 0.759. The molecular formula is C12H18F3N3O2. The van der Waals surface area contributed by atoms with Gasteiger partial charge in [-0.05, 0) is 7.05 Å². The van der Waals surface area contributed by atoms with Gasteiger partial charge in [-0.25, -0.2) is 0 Å². The molecule has 0 unspecified atom stereocenters. The molecule has 1 atom stereocenters. The molecule has 1 fully saturated rings. The van der Waals surface area contributed by atoms with Crippen LogP contribution in [0.5, 0.6) is 0 Å². The van der Waals surface area contributed by atoms with Gasteiger partial charge in [-0.3, -0.25) is 4.79 Å². The number of nitrogens with zero attached hydrogens (tertiary/aromatic N) is 3. The molecule has 0 spiro atoms. The molecule has 1 rings (SSSR count). The lowest BCUT2D eigenvalue weighted by molar-refractivity contribution is -0.156. The zero-order chi connectivity index (χ0) is 15.2. The number of morpholine rings is 1. The van der Waals surface area contributed by atoms with Crippen molar-refractivity contribution in [2.75, 3.05) is 39.8 Å². The first-order chi connectivity index (χ1) is 9.33. The molecule has 0 bridgehead atoms. The topological polar surface area (TPSA) is 56.6 Å². The van der Waals surface area contributed by atoms with Gasteiger partial charge in [0.1, 0.15) is 6.10 Å². The van der Waals surface area contributed by atoms with Crippen LogP contribution in [-0.2, 0) is 9.53 Å². The molecule has 0 saturated carbocycles. The van der Waals surface area contributed by atoms with Gasteiger partial charge in [-0.1, -0.05) is 0 Å². The van der Waals surface area contributed by atoms with Crippen molar-refractivity contribution in [1.82, 2.24) is 9.80 Å². The Balaban J connectivity index is 2.61. The third-order valence-electron chi connectivity index (χ3n) is 3.02. The maximum absolute atomic E-state index is 12.3. The number of hydrogen-bond acceptors (Lipinski definition) is 4. The maximum Gasteiger partial charge on any atom is 0.390 e. The normalized spacial score (nSPS) is 20.4. The van der Waals surface area contributed by atoms with Crippen LogP contribution in [0.4, 0.5) is 13.2 Å². The Morgan fingerprint density at radius 3 is 2.75 bits per heavy atom. The van der Waals surface area contributed by atoms with Gasteiger partial charge in [-0.15, -0.1) is 0 Å². The van der Waals surface area contributed by atoms with Crippen LogP contribution in [0.3, 0.4) is 0 Å². The minimum Gasteiger partial charge on any atom is -0.366 e. The van der Waals surface area contributed by atoms with E-state index in [1.165, 1.54) is 0 Å². The molecule has 1 heterocycles. The monoisotopic (exact) mass is 293 g/mol. The highest BCUT2D eigenvalue weighted by Crippen LogP contribution is 2.20. The van der Waals surface area contributed by atoms with E-state index in [1.807, 2.05) is 18.0 Å². The largest absolute Gasteiger partial charge is 0.390 e. The zero-order valence-corrected chi connectivity index (χ0v) is 11.3. The van der Waals surface area contributed by atoms with Crippen LogP contribution in [0.2, 0.25) is 0 Å². The number of alkyl halides is 3. The van der Waals surface area contributed by atoms with Crippen LogP contribution in [0.1, 0.15) is 12.8 Å². The van der Waals surface area contributed by atoms with E-state index in [0.29, 0.717) is 19.7 Å². The SMILES string of the molecule is CN1CCO[C@@H](C(=O)N(CCC#N)CCC(F)(F)F)C1.